The van der Waals surface area contributed by atoms with Gasteiger partial charge in [-0.05, 0) is 59.2 Å². The first-order chi connectivity index (χ1) is 11.3. The van der Waals surface area contributed by atoms with Crippen LogP contribution in [0.4, 0.5) is 9.18 Å². The van der Waals surface area contributed by atoms with E-state index in [2.05, 4.69) is 5.32 Å². The molecule has 0 fully saturated rings. The van der Waals surface area contributed by atoms with Crippen molar-refractivity contribution in [3.63, 3.8) is 0 Å². The van der Waals surface area contributed by atoms with Crippen LogP contribution in [-0.2, 0) is 14.3 Å². The van der Waals surface area contributed by atoms with Gasteiger partial charge in [0.15, 0.2) is 6.04 Å². The van der Waals surface area contributed by atoms with Crippen molar-refractivity contribution in [3.8, 4) is 0 Å². The fourth-order valence-electron chi connectivity index (χ4n) is 1.92. The number of ether oxygens (including phenoxy) is 2. The van der Waals surface area contributed by atoms with Crippen LogP contribution in [0.2, 0.25) is 0 Å². The lowest BCUT2D eigenvalue weighted by Gasteiger charge is -2.28. The average molecular weight is 355 g/mol. The first-order valence-corrected chi connectivity index (χ1v) is 7.94. The second kappa shape index (κ2) is 7.82. The third-order valence-electron chi connectivity index (χ3n) is 2.86. The largest absolute Gasteiger partial charge is 0.458 e. The standard InChI is InChI=1S/C18H26FNO5/c1-17(2,3)24-15(22)13(20-16(23)25-18(4,5)6)14(21)11-7-9-12(19)10-8-11/h7-10,13-14,21H,1-6H3,(H,20,23)/t13-,14-/m0/s1. The summed E-state index contributed by atoms with van der Waals surface area (Å²) in [5.74, 6) is -1.31. The smallest absolute Gasteiger partial charge is 0.408 e. The normalized spacial score (nSPS) is 14.4. The molecule has 6 nitrogen and oxygen atoms in total. The number of benzene rings is 1. The van der Waals surface area contributed by atoms with Gasteiger partial charge >= 0.3 is 12.1 Å². The zero-order valence-electron chi connectivity index (χ0n) is 15.4. The zero-order chi connectivity index (χ0) is 19.4. The molecule has 0 radical (unpaired) electrons. The van der Waals surface area contributed by atoms with Crippen molar-refractivity contribution in [3.05, 3.63) is 35.6 Å². The van der Waals surface area contributed by atoms with Crippen LogP contribution in [0.3, 0.4) is 0 Å². The van der Waals surface area contributed by atoms with Crippen molar-refractivity contribution >= 4 is 12.1 Å². The molecule has 0 unspecified atom stereocenters. The Kier molecular flexibility index (Phi) is 6.54. The van der Waals surface area contributed by atoms with Crippen molar-refractivity contribution in [2.24, 2.45) is 0 Å². The highest BCUT2D eigenvalue weighted by atomic mass is 19.1. The van der Waals surface area contributed by atoms with Gasteiger partial charge < -0.3 is 19.9 Å². The van der Waals surface area contributed by atoms with Crippen LogP contribution < -0.4 is 5.32 Å². The Balaban J connectivity index is 3.03. The van der Waals surface area contributed by atoms with Crippen LogP contribution in [0.15, 0.2) is 24.3 Å². The Hall–Kier alpha value is -2.15. The molecule has 0 bridgehead atoms. The van der Waals surface area contributed by atoms with Gasteiger partial charge in [-0.1, -0.05) is 12.1 Å². The van der Waals surface area contributed by atoms with Crippen molar-refractivity contribution in [2.75, 3.05) is 0 Å². The summed E-state index contributed by atoms with van der Waals surface area (Å²) in [5.41, 5.74) is -1.33. The molecule has 1 amide bonds. The van der Waals surface area contributed by atoms with Gasteiger partial charge in [0, 0.05) is 0 Å². The summed E-state index contributed by atoms with van der Waals surface area (Å²) in [6.07, 6.45) is -2.30. The molecule has 2 N–H and O–H groups in total. The Morgan fingerprint density at radius 1 is 1.00 bits per heavy atom. The second-order valence-corrected chi connectivity index (χ2v) is 7.65. The van der Waals surface area contributed by atoms with E-state index < -0.39 is 41.2 Å². The molecule has 0 heterocycles. The molecule has 0 aromatic heterocycles. The van der Waals surface area contributed by atoms with Crippen LogP contribution in [0, 0.1) is 5.82 Å². The number of hydrogen-bond donors (Lipinski definition) is 2. The van der Waals surface area contributed by atoms with Gasteiger partial charge in [0.25, 0.3) is 0 Å². The number of amides is 1. The number of aliphatic hydroxyl groups excluding tert-OH is 1. The average Bonchev–Trinajstić information content (AvgIpc) is 2.41. The fraction of sp³-hybridized carbons (Fsp3) is 0.556. The Morgan fingerprint density at radius 2 is 1.48 bits per heavy atom. The number of rotatable bonds is 4. The molecule has 140 valence electrons. The third kappa shape index (κ3) is 7.51. The molecule has 7 heteroatoms. The molecule has 1 rings (SSSR count). The van der Waals surface area contributed by atoms with Gasteiger partial charge in [0.1, 0.15) is 23.1 Å². The molecule has 1 aromatic rings. The van der Waals surface area contributed by atoms with Crippen molar-refractivity contribution in [1.82, 2.24) is 5.32 Å². The second-order valence-electron chi connectivity index (χ2n) is 7.65. The summed E-state index contributed by atoms with van der Waals surface area (Å²) >= 11 is 0. The first kappa shape index (κ1) is 20.9. The summed E-state index contributed by atoms with van der Waals surface area (Å²) in [6, 6.07) is 3.55. The molecule has 0 spiro atoms. The number of aliphatic hydroxyl groups is 1. The summed E-state index contributed by atoms with van der Waals surface area (Å²) in [6.45, 7) is 10.0. The quantitative estimate of drug-likeness (QED) is 0.811. The maximum atomic E-state index is 13.1. The lowest BCUT2D eigenvalue weighted by atomic mass is 10.0. The summed E-state index contributed by atoms with van der Waals surface area (Å²) < 4.78 is 23.4. The number of nitrogens with one attached hydrogen (secondary N) is 1. The van der Waals surface area contributed by atoms with Gasteiger partial charge in [-0.2, -0.15) is 0 Å². The van der Waals surface area contributed by atoms with Crippen LogP contribution in [-0.4, -0.2) is 34.4 Å². The molecule has 0 aliphatic rings. The van der Waals surface area contributed by atoms with Gasteiger partial charge in [-0.15, -0.1) is 0 Å². The highest BCUT2D eigenvalue weighted by molar-refractivity contribution is 5.82. The fourth-order valence-corrected chi connectivity index (χ4v) is 1.92. The Bertz CT molecular complexity index is 601. The number of esters is 1. The van der Waals surface area contributed by atoms with Crippen LogP contribution in [0.1, 0.15) is 53.2 Å². The van der Waals surface area contributed by atoms with E-state index in [0.717, 1.165) is 12.1 Å². The molecule has 0 saturated carbocycles. The SMILES string of the molecule is CC(C)(C)OC(=O)N[C@H](C(=O)OC(C)(C)C)[C@@H](O)c1ccc(F)cc1. The minimum Gasteiger partial charge on any atom is -0.458 e. The summed E-state index contributed by atoms with van der Waals surface area (Å²) in [7, 11) is 0. The van der Waals surface area contributed by atoms with Crippen molar-refractivity contribution < 1.29 is 28.6 Å². The van der Waals surface area contributed by atoms with E-state index >= 15 is 0 Å². The number of carbonyl (C=O) groups is 2. The first-order valence-electron chi connectivity index (χ1n) is 7.94. The van der Waals surface area contributed by atoms with E-state index in [-0.39, 0.29) is 5.56 Å². The maximum Gasteiger partial charge on any atom is 0.408 e. The predicted molar refractivity (Wildman–Crippen MR) is 90.4 cm³/mol. The van der Waals surface area contributed by atoms with Gasteiger partial charge in [0.2, 0.25) is 0 Å². The molecule has 1 aromatic carbocycles. The lowest BCUT2D eigenvalue weighted by Crippen LogP contribution is -2.49. The minimum absolute atomic E-state index is 0.258. The summed E-state index contributed by atoms with van der Waals surface area (Å²) in [5, 5.41) is 12.8. The molecule has 0 saturated heterocycles. The van der Waals surface area contributed by atoms with Gasteiger partial charge in [-0.25, -0.2) is 14.0 Å². The van der Waals surface area contributed by atoms with Gasteiger partial charge in [0.05, 0.1) is 0 Å². The number of carbonyl (C=O) groups excluding carboxylic acids is 2. The molecule has 25 heavy (non-hydrogen) atoms. The topological polar surface area (TPSA) is 84.9 Å². The highest BCUT2D eigenvalue weighted by Crippen LogP contribution is 2.21. The summed E-state index contributed by atoms with van der Waals surface area (Å²) in [4.78, 5) is 24.4. The maximum absolute atomic E-state index is 13.1. The van der Waals surface area contributed by atoms with Crippen LogP contribution in [0.25, 0.3) is 0 Å². The Morgan fingerprint density at radius 3 is 1.92 bits per heavy atom. The lowest BCUT2D eigenvalue weighted by molar-refractivity contribution is -0.160. The molecule has 0 aliphatic carbocycles. The molecular weight excluding hydrogens is 329 g/mol. The predicted octanol–water partition coefficient (Wildman–Crippen LogP) is 3.09. The van der Waals surface area contributed by atoms with E-state index in [1.165, 1.54) is 12.1 Å². The monoisotopic (exact) mass is 355 g/mol. The Labute approximate surface area is 147 Å². The minimum atomic E-state index is -1.43. The van der Waals surface area contributed by atoms with E-state index in [0.29, 0.717) is 0 Å². The van der Waals surface area contributed by atoms with E-state index in [1.807, 2.05) is 0 Å². The molecule has 0 aliphatic heterocycles. The van der Waals surface area contributed by atoms with E-state index in [1.54, 1.807) is 41.5 Å². The number of alkyl carbamates (subject to hydrolysis) is 1. The zero-order valence-corrected chi connectivity index (χ0v) is 15.4. The van der Waals surface area contributed by atoms with Gasteiger partial charge in [-0.3, -0.25) is 0 Å². The van der Waals surface area contributed by atoms with E-state index in [9.17, 15) is 19.1 Å². The molecule has 2 atom stereocenters. The van der Waals surface area contributed by atoms with Crippen LogP contribution >= 0.6 is 0 Å². The highest BCUT2D eigenvalue weighted by Gasteiger charge is 2.34. The van der Waals surface area contributed by atoms with Crippen molar-refractivity contribution in [1.29, 1.82) is 0 Å². The van der Waals surface area contributed by atoms with E-state index in [4.69, 9.17) is 9.47 Å². The van der Waals surface area contributed by atoms with Crippen LogP contribution in [0.5, 0.6) is 0 Å². The third-order valence-corrected chi connectivity index (χ3v) is 2.86. The number of halogens is 1. The van der Waals surface area contributed by atoms with Crippen molar-refractivity contribution in [2.45, 2.75) is 64.9 Å². The number of hydrogen-bond acceptors (Lipinski definition) is 5. The molecular formula is C18H26FNO5.